The zero-order chi connectivity index (χ0) is 6.69. The molecule has 1 aromatic carbocycles. The van der Waals surface area contributed by atoms with E-state index in [0.29, 0.717) is 5.56 Å². The van der Waals surface area contributed by atoms with Crippen molar-refractivity contribution in [1.82, 2.24) is 0 Å². The van der Waals surface area contributed by atoms with Gasteiger partial charge < -0.3 is 5.11 Å². The molecule has 0 aliphatic rings. The second-order valence-corrected chi connectivity index (χ2v) is 1.64. The summed E-state index contributed by atoms with van der Waals surface area (Å²) in [6, 6.07) is 7.76. The van der Waals surface area contributed by atoms with Crippen molar-refractivity contribution in [3.05, 3.63) is 29.8 Å². The second kappa shape index (κ2) is 4.35. The van der Waals surface area contributed by atoms with Gasteiger partial charge in [0.1, 0.15) is 0 Å². The fraction of sp³-hybridized carbons (Fsp3) is 0. The molecule has 0 saturated heterocycles. The van der Waals surface area contributed by atoms with E-state index in [1.54, 1.807) is 12.1 Å². The molecule has 0 radical (unpaired) electrons. The summed E-state index contributed by atoms with van der Waals surface area (Å²) in [7, 11) is 0. The maximum absolute atomic E-state index is 10.5. The van der Waals surface area contributed by atoms with Crippen LogP contribution in [-0.4, -0.2) is 0 Å². The van der Waals surface area contributed by atoms with E-state index >= 15 is 0 Å². The van der Waals surface area contributed by atoms with Crippen molar-refractivity contribution >= 4 is 0 Å². The fourth-order valence-electron chi connectivity index (χ4n) is 0.566. The Morgan fingerprint density at radius 1 is 1.40 bits per heavy atom. The smallest absolute Gasteiger partial charge is 0.872 e. The summed E-state index contributed by atoms with van der Waals surface area (Å²) in [6.07, 6.45) is 0. The van der Waals surface area contributed by atoms with Crippen LogP contribution < -0.4 is 34.7 Å². The van der Waals surface area contributed by atoms with Crippen molar-refractivity contribution in [2.75, 3.05) is 0 Å². The molecule has 0 unspecified atom stereocenters. The van der Waals surface area contributed by atoms with Gasteiger partial charge in [-0.25, -0.2) is 0 Å². The summed E-state index contributed by atoms with van der Waals surface area (Å²) in [4.78, 5) is 0. The number of benzene rings is 1. The number of nitriles is 1. The van der Waals surface area contributed by atoms with Crippen molar-refractivity contribution in [2.45, 2.75) is 0 Å². The van der Waals surface area contributed by atoms with Crippen LogP contribution in [0.2, 0.25) is 0 Å². The molecule has 1 rings (SSSR count). The SMILES string of the molecule is N#Cc1cccc([O-])c1.[Na+]. The molecule has 0 aliphatic carbocycles. The predicted octanol–water partition coefficient (Wildman–Crippen LogP) is -2.36. The predicted molar refractivity (Wildman–Crippen MR) is 30.6 cm³/mol. The van der Waals surface area contributed by atoms with Crippen LogP contribution in [0.3, 0.4) is 0 Å². The minimum absolute atomic E-state index is 0. The van der Waals surface area contributed by atoms with Gasteiger partial charge in [-0.3, -0.25) is 0 Å². The zero-order valence-corrected chi connectivity index (χ0v) is 7.66. The molecular weight excluding hydrogens is 137 g/mol. The van der Waals surface area contributed by atoms with Gasteiger partial charge in [-0.2, -0.15) is 5.26 Å². The Kier molecular flexibility index (Phi) is 4.13. The minimum Gasteiger partial charge on any atom is -0.872 e. The Morgan fingerprint density at radius 2 is 2.10 bits per heavy atom. The third-order valence-corrected chi connectivity index (χ3v) is 0.963. The molecule has 0 atom stereocenters. The average molecular weight is 141 g/mol. The third kappa shape index (κ3) is 2.40. The fourth-order valence-corrected chi connectivity index (χ4v) is 0.566. The molecule has 2 nitrogen and oxygen atoms in total. The van der Waals surface area contributed by atoms with Gasteiger partial charge >= 0.3 is 29.6 Å². The van der Waals surface area contributed by atoms with Gasteiger partial charge in [0.25, 0.3) is 0 Å². The Hall–Kier alpha value is -0.490. The van der Waals surface area contributed by atoms with Crippen molar-refractivity contribution in [2.24, 2.45) is 0 Å². The van der Waals surface area contributed by atoms with Gasteiger partial charge in [0.15, 0.2) is 0 Å². The van der Waals surface area contributed by atoms with E-state index in [4.69, 9.17) is 5.26 Å². The molecular formula is C7H4NNaO. The third-order valence-electron chi connectivity index (χ3n) is 0.963. The molecule has 1 aromatic rings. The summed E-state index contributed by atoms with van der Waals surface area (Å²) >= 11 is 0. The Bertz CT molecular complexity index is 254. The van der Waals surface area contributed by atoms with Crippen LogP contribution in [-0.2, 0) is 0 Å². The maximum atomic E-state index is 10.5. The molecule has 10 heavy (non-hydrogen) atoms. The molecule has 0 fully saturated rings. The van der Waals surface area contributed by atoms with E-state index in [1.807, 2.05) is 6.07 Å². The van der Waals surface area contributed by atoms with Crippen molar-refractivity contribution in [3.63, 3.8) is 0 Å². The Labute approximate surface area is 81.4 Å². The van der Waals surface area contributed by atoms with Gasteiger partial charge in [0.2, 0.25) is 0 Å². The van der Waals surface area contributed by atoms with Gasteiger partial charge in [0.05, 0.1) is 11.6 Å². The van der Waals surface area contributed by atoms with Crippen molar-refractivity contribution < 1.29 is 34.7 Å². The molecule has 0 N–H and O–H groups in total. The zero-order valence-electron chi connectivity index (χ0n) is 5.66. The second-order valence-electron chi connectivity index (χ2n) is 1.64. The molecule has 0 saturated carbocycles. The molecule has 0 bridgehead atoms. The number of hydrogen-bond donors (Lipinski definition) is 0. The van der Waals surface area contributed by atoms with Crippen LogP contribution in [0.4, 0.5) is 0 Å². The summed E-state index contributed by atoms with van der Waals surface area (Å²) < 4.78 is 0. The van der Waals surface area contributed by atoms with Crippen molar-refractivity contribution in [3.8, 4) is 11.8 Å². The number of nitrogens with zero attached hydrogens (tertiary/aromatic N) is 1. The molecule has 44 valence electrons. The summed E-state index contributed by atoms with van der Waals surface area (Å²) in [5.41, 5.74) is 0.419. The monoisotopic (exact) mass is 141 g/mol. The van der Waals surface area contributed by atoms with Gasteiger partial charge in [-0.05, 0) is 6.07 Å². The van der Waals surface area contributed by atoms with E-state index < -0.39 is 0 Å². The van der Waals surface area contributed by atoms with E-state index in [9.17, 15) is 5.11 Å². The first-order valence-electron chi connectivity index (χ1n) is 2.50. The quantitative estimate of drug-likeness (QED) is 0.379. The molecule has 3 heteroatoms. The number of hydrogen-bond acceptors (Lipinski definition) is 2. The molecule has 0 heterocycles. The summed E-state index contributed by atoms with van der Waals surface area (Å²) in [5, 5.41) is 18.8. The summed E-state index contributed by atoms with van der Waals surface area (Å²) in [6.45, 7) is 0. The first-order chi connectivity index (χ1) is 4.33. The first kappa shape index (κ1) is 9.51. The largest absolute Gasteiger partial charge is 1.00 e. The van der Waals surface area contributed by atoms with Crippen LogP contribution in [0.1, 0.15) is 5.56 Å². The Balaban J connectivity index is 0.000000810. The van der Waals surface area contributed by atoms with Gasteiger partial charge in [-0.15, -0.1) is 5.75 Å². The van der Waals surface area contributed by atoms with Gasteiger partial charge in [-0.1, -0.05) is 18.2 Å². The topological polar surface area (TPSA) is 46.8 Å². The van der Waals surface area contributed by atoms with Crippen LogP contribution in [0, 0.1) is 11.3 Å². The first-order valence-corrected chi connectivity index (χ1v) is 2.50. The van der Waals surface area contributed by atoms with Crippen LogP contribution in [0.5, 0.6) is 5.75 Å². The summed E-state index contributed by atoms with van der Waals surface area (Å²) in [5.74, 6) is -0.117. The van der Waals surface area contributed by atoms with E-state index in [0.717, 1.165) is 0 Å². The Morgan fingerprint density at radius 3 is 2.50 bits per heavy atom. The van der Waals surface area contributed by atoms with E-state index in [-0.39, 0.29) is 35.3 Å². The molecule has 0 aliphatic heterocycles. The number of rotatable bonds is 0. The average Bonchev–Trinajstić information content (AvgIpc) is 1.88. The normalized spacial score (nSPS) is 7.50. The van der Waals surface area contributed by atoms with Crippen molar-refractivity contribution in [1.29, 1.82) is 5.26 Å². The molecule has 0 aromatic heterocycles. The van der Waals surface area contributed by atoms with E-state index in [2.05, 4.69) is 0 Å². The van der Waals surface area contributed by atoms with Crippen LogP contribution >= 0.6 is 0 Å². The molecule has 0 spiro atoms. The maximum Gasteiger partial charge on any atom is 1.00 e. The van der Waals surface area contributed by atoms with Crippen LogP contribution in [0.25, 0.3) is 0 Å². The standard InChI is InChI=1S/C7H5NO.Na/c8-5-6-2-1-3-7(9)4-6;/h1-4,9H;/q;+1/p-1. The molecule has 0 amide bonds. The van der Waals surface area contributed by atoms with Crippen LogP contribution in [0.15, 0.2) is 24.3 Å². The minimum atomic E-state index is -0.117. The van der Waals surface area contributed by atoms with E-state index in [1.165, 1.54) is 12.1 Å². The van der Waals surface area contributed by atoms with Gasteiger partial charge in [0, 0.05) is 0 Å².